The largest absolute Gasteiger partial charge is 0.464 e. The standard InChI is InChI=1S/C15H8O2/c16-15-10-5-2-1-4-9(10)12-8-17-13-7-3-6-11(15)14(12)13/h1-8H. The summed E-state index contributed by atoms with van der Waals surface area (Å²) in [5, 5.41) is 0.941. The van der Waals surface area contributed by atoms with Crippen LogP contribution >= 0.6 is 0 Å². The number of furan rings is 1. The van der Waals surface area contributed by atoms with Crippen molar-refractivity contribution in [3.63, 3.8) is 0 Å². The van der Waals surface area contributed by atoms with Gasteiger partial charge in [0.1, 0.15) is 5.58 Å². The first-order chi connectivity index (χ1) is 8.36. The number of carbonyl (C=O) groups is 1. The molecule has 4 rings (SSSR count). The van der Waals surface area contributed by atoms with Crippen molar-refractivity contribution in [1.82, 2.24) is 0 Å². The van der Waals surface area contributed by atoms with Crippen molar-refractivity contribution < 1.29 is 9.21 Å². The van der Waals surface area contributed by atoms with E-state index in [1.165, 1.54) is 0 Å². The number of rotatable bonds is 0. The molecule has 0 atom stereocenters. The molecule has 3 aromatic rings. The highest BCUT2D eigenvalue weighted by Crippen LogP contribution is 2.40. The highest BCUT2D eigenvalue weighted by atomic mass is 16.3. The fraction of sp³-hybridized carbons (Fsp3) is 0. The summed E-state index contributed by atoms with van der Waals surface area (Å²) in [6.45, 7) is 0. The van der Waals surface area contributed by atoms with Crippen LogP contribution in [-0.4, -0.2) is 5.78 Å². The minimum atomic E-state index is 0.0834. The predicted molar refractivity (Wildman–Crippen MR) is 65.1 cm³/mol. The van der Waals surface area contributed by atoms with Crippen molar-refractivity contribution in [3.8, 4) is 11.1 Å². The number of carbonyl (C=O) groups excluding carboxylic acids is 1. The molecule has 17 heavy (non-hydrogen) atoms. The zero-order valence-corrected chi connectivity index (χ0v) is 8.94. The maximum atomic E-state index is 12.4. The second-order valence-corrected chi connectivity index (χ2v) is 4.20. The summed E-state index contributed by atoms with van der Waals surface area (Å²) in [5.74, 6) is 0.0834. The quantitative estimate of drug-likeness (QED) is 0.453. The van der Waals surface area contributed by atoms with Crippen LogP contribution in [0, 0.1) is 0 Å². The third-order valence-electron chi connectivity index (χ3n) is 3.31. The van der Waals surface area contributed by atoms with Crippen LogP contribution in [0.2, 0.25) is 0 Å². The lowest BCUT2D eigenvalue weighted by Gasteiger charge is -2.14. The Balaban J connectivity index is 2.27. The lowest BCUT2D eigenvalue weighted by atomic mass is 9.86. The van der Waals surface area contributed by atoms with E-state index < -0.39 is 0 Å². The number of hydrogen-bond acceptors (Lipinski definition) is 2. The Labute approximate surface area is 97.5 Å². The Hall–Kier alpha value is -2.35. The number of hydrogen-bond donors (Lipinski definition) is 0. The molecule has 1 heterocycles. The van der Waals surface area contributed by atoms with Crippen LogP contribution < -0.4 is 0 Å². The van der Waals surface area contributed by atoms with Crippen molar-refractivity contribution in [2.24, 2.45) is 0 Å². The molecule has 2 heteroatoms. The molecule has 0 N–H and O–H groups in total. The SMILES string of the molecule is O=C1c2ccccc2-c2coc3cccc1c23. The van der Waals surface area contributed by atoms with Crippen molar-refractivity contribution in [2.75, 3.05) is 0 Å². The number of benzene rings is 2. The van der Waals surface area contributed by atoms with E-state index in [1.54, 1.807) is 6.26 Å². The molecule has 0 saturated heterocycles. The van der Waals surface area contributed by atoms with E-state index in [-0.39, 0.29) is 5.78 Å². The van der Waals surface area contributed by atoms with E-state index in [0.29, 0.717) is 0 Å². The van der Waals surface area contributed by atoms with Crippen LogP contribution in [0.25, 0.3) is 22.1 Å². The minimum absolute atomic E-state index is 0.0834. The van der Waals surface area contributed by atoms with Gasteiger partial charge in [0.2, 0.25) is 0 Å². The minimum Gasteiger partial charge on any atom is -0.464 e. The summed E-state index contributed by atoms with van der Waals surface area (Å²) in [6.07, 6.45) is 1.74. The lowest BCUT2D eigenvalue weighted by molar-refractivity contribution is 0.104. The molecule has 1 aliphatic carbocycles. The van der Waals surface area contributed by atoms with Crippen molar-refractivity contribution >= 4 is 16.8 Å². The topological polar surface area (TPSA) is 30.2 Å². The van der Waals surface area contributed by atoms with Gasteiger partial charge in [-0.05, 0) is 11.6 Å². The highest BCUT2D eigenvalue weighted by molar-refractivity contribution is 6.25. The van der Waals surface area contributed by atoms with E-state index in [1.807, 2.05) is 42.5 Å². The molecule has 0 spiro atoms. The average Bonchev–Trinajstić information content (AvgIpc) is 2.81. The molecular weight excluding hydrogens is 212 g/mol. The van der Waals surface area contributed by atoms with Crippen molar-refractivity contribution in [3.05, 3.63) is 59.9 Å². The molecule has 0 unspecified atom stereocenters. The molecule has 2 aromatic carbocycles. The molecule has 0 fully saturated rings. The first-order valence-electron chi connectivity index (χ1n) is 5.50. The molecule has 80 valence electrons. The summed E-state index contributed by atoms with van der Waals surface area (Å²) in [4.78, 5) is 12.4. The van der Waals surface area contributed by atoms with E-state index in [2.05, 4.69) is 0 Å². The van der Waals surface area contributed by atoms with Crippen LogP contribution in [0.1, 0.15) is 15.9 Å². The normalized spacial score (nSPS) is 12.8. The Morgan fingerprint density at radius 1 is 0.765 bits per heavy atom. The molecule has 2 nitrogen and oxygen atoms in total. The summed E-state index contributed by atoms with van der Waals surface area (Å²) >= 11 is 0. The van der Waals surface area contributed by atoms with Gasteiger partial charge in [0.25, 0.3) is 0 Å². The lowest BCUT2D eigenvalue weighted by Crippen LogP contribution is -2.08. The van der Waals surface area contributed by atoms with Gasteiger partial charge in [-0.25, -0.2) is 0 Å². The van der Waals surface area contributed by atoms with E-state index in [4.69, 9.17) is 4.42 Å². The van der Waals surface area contributed by atoms with Gasteiger partial charge in [-0.2, -0.15) is 0 Å². The van der Waals surface area contributed by atoms with Gasteiger partial charge in [-0.3, -0.25) is 4.79 Å². The van der Waals surface area contributed by atoms with Gasteiger partial charge < -0.3 is 4.42 Å². The molecule has 0 radical (unpaired) electrons. The fourth-order valence-electron chi connectivity index (χ4n) is 2.54. The Bertz CT molecular complexity index is 765. The van der Waals surface area contributed by atoms with Gasteiger partial charge in [-0.15, -0.1) is 0 Å². The van der Waals surface area contributed by atoms with Gasteiger partial charge in [-0.1, -0.05) is 36.4 Å². The maximum absolute atomic E-state index is 12.4. The molecule has 1 aromatic heterocycles. The predicted octanol–water partition coefficient (Wildman–Crippen LogP) is 3.64. The monoisotopic (exact) mass is 220 g/mol. The summed E-state index contributed by atoms with van der Waals surface area (Å²) in [5.41, 5.74) is 4.26. The Kier molecular flexibility index (Phi) is 1.47. The van der Waals surface area contributed by atoms with Gasteiger partial charge in [0, 0.05) is 22.1 Å². The van der Waals surface area contributed by atoms with Crippen LogP contribution in [0.4, 0.5) is 0 Å². The summed E-state index contributed by atoms with van der Waals surface area (Å²) in [6, 6.07) is 13.3. The van der Waals surface area contributed by atoms with Crippen molar-refractivity contribution in [2.45, 2.75) is 0 Å². The van der Waals surface area contributed by atoms with E-state index >= 15 is 0 Å². The zero-order chi connectivity index (χ0) is 11.4. The van der Waals surface area contributed by atoms with E-state index in [9.17, 15) is 4.79 Å². The van der Waals surface area contributed by atoms with Crippen LogP contribution in [-0.2, 0) is 0 Å². The van der Waals surface area contributed by atoms with E-state index in [0.717, 1.165) is 33.2 Å². The number of ketones is 1. The maximum Gasteiger partial charge on any atom is 0.194 e. The molecule has 1 aliphatic rings. The second-order valence-electron chi connectivity index (χ2n) is 4.20. The van der Waals surface area contributed by atoms with Crippen LogP contribution in [0.15, 0.2) is 53.1 Å². The first-order valence-corrected chi connectivity index (χ1v) is 5.50. The van der Waals surface area contributed by atoms with Crippen LogP contribution in [0.5, 0.6) is 0 Å². The van der Waals surface area contributed by atoms with Gasteiger partial charge in [0.05, 0.1) is 6.26 Å². The fourth-order valence-corrected chi connectivity index (χ4v) is 2.54. The summed E-state index contributed by atoms with van der Waals surface area (Å²) in [7, 11) is 0. The summed E-state index contributed by atoms with van der Waals surface area (Å²) < 4.78 is 5.51. The Morgan fingerprint density at radius 2 is 1.53 bits per heavy atom. The smallest absolute Gasteiger partial charge is 0.194 e. The number of fused-ring (bicyclic) bond motifs is 2. The first kappa shape index (κ1) is 8.76. The highest BCUT2D eigenvalue weighted by Gasteiger charge is 2.26. The molecule has 0 amide bonds. The van der Waals surface area contributed by atoms with Gasteiger partial charge >= 0.3 is 0 Å². The zero-order valence-electron chi connectivity index (χ0n) is 8.94. The third-order valence-corrected chi connectivity index (χ3v) is 3.31. The molecule has 0 bridgehead atoms. The molecular formula is C15H8O2. The molecule has 0 saturated carbocycles. The van der Waals surface area contributed by atoms with Crippen molar-refractivity contribution in [1.29, 1.82) is 0 Å². The molecule has 0 aliphatic heterocycles. The Morgan fingerprint density at radius 3 is 2.41 bits per heavy atom. The third kappa shape index (κ3) is 0.972. The average molecular weight is 220 g/mol. The second kappa shape index (κ2) is 2.86. The van der Waals surface area contributed by atoms with Gasteiger partial charge in [0.15, 0.2) is 5.78 Å². The van der Waals surface area contributed by atoms with Crippen LogP contribution in [0.3, 0.4) is 0 Å².